The van der Waals surface area contributed by atoms with Gasteiger partial charge in [0.2, 0.25) is 10.0 Å². The molecule has 1 saturated carbocycles. The zero-order chi connectivity index (χ0) is 20.3. The SMILES string of the molecule is CN(C)S(=O)(=O)c1ccc2c(c1)nc(CCC(=O)OCC1CCCCC1)n2C. The van der Waals surface area contributed by atoms with Gasteiger partial charge in [0.15, 0.2) is 0 Å². The maximum Gasteiger partial charge on any atom is 0.306 e. The summed E-state index contributed by atoms with van der Waals surface area (Å²) in [7, 11) is 1.37. The first-order valence-corrected chi connectivity index (χ1v) is 11.3. The van der Waals surface area contributed by atoms with Crippen LogP contribution < -0.4 is 0 Å². The van der Waals surface area contributed by atoms with Crippen LogP contribution in [0.5, 0.6) is 0 Å². The van der Waals surface area contributed by atoms with E-state index in [1.54, 1.807) is 18.2 Å². The van der Waals surface area contributed by atoms with Gasteiger partial charge in [0.1, 0.15) is 5.82 Å². The van der Waals surface area contributed by atoms with Gasteiger partial charge in [-0.2, -0.15) is 0 Å². The molecule has 154 valence electrons. The number of aryl methyl sites for hydroxylation is 2. The Balaban J connectivity index is 1.64. The minimum atomic E-state index is -3.51. The molecule has 0 saturated heterocycles. The van der Waals surface area contributed by atoms with E-state index in [1.807, 2.05) is 11.6 Å². The van der Waals surface area contributed by atoms with Crippen LogP contribution in [0.2, 0.25) is 0 Å². The topological polar surface area (TPSA) is 81.5 Å². The third kappa shape index (κ3) is 4.55. The molecule has 3 rings (SSSR count). The number of hydrogen-bond acceptors (Lipinski definition) is 5. The summed E-state index contributed by atoms with van der Waals surface area (Å²) < 4.78 is 33.2. The van der Waals surface area contributed by atoms with Crippen molar-refractivity contribution in [3.8, 4) is 0 Å². The Hall–Kier alpha value is -1.93. The second-order valence-corrected chi connectivity index (χ2v) is 9.86. The van der Waals surface area contributed by atoms with Gasteiger partial charge in [-0.05, 0) is 37.0 Å². The number of ether oxygens (including phenoxy) is 1. The van der Waals surface area contributed by atoms with Gasteiger partial charge in [-0.1, -0.05) is 19.3 Å². The zero-order valence-corrected chi connectivity index (χ0v) is 17.7. The van der Waals surface area contributed by atoms with Crippen LogP contribution in [0.4, 0.5) is 0 Å². The summed E-state index contributed by atoms with van der Waals surface area (Å²) in [5, 5.41) is 0. The fourth-order valence-corrected chi connectivity index (χ4v) is 4.60. The van der Waals surface area contributed by atoms with Gasteiger partial charge < -0.3 is 9.30 Å². The molecule has 1 aliphatic rings. The Morgan fingerprint density at radius 2 is 1.96 bits per heavy atom. The molecule has 0 bridgehead atoms. The zero-order valence-electron chi connectivity index (χ0n) is 16.8. The summed E-state index contributed by atoms with van der Waals surface area (Å²) >= 11 is 0. The Morgan fingerprint density at radius 3 is 2.64 bits per heavy atom. The number of carbonyl (C=O) groups excluding carboxylic acids is 1. The van der Waals surface area contributed by atoms with Gasteiger partial charge >= 0.3 is 5.97 Å². The smallest absolute Gasteiger partial charge is 0.306 e. The Labute approximate surface area is 166 Å². The van der Waals surface area contributed by atoms with E-state index in [-0.39, 0.29) is 17.3 Å². The van der Waals surface area contributed by atoms with Crippen molar-refractivity contribution in [3.05, 3.63) is 24.0 Å². The van der Waals surface area contributed by atoms with E-state index in [1.165, 1.54) is 37.7 Å². The Morgan fingerprint density at radius 1 is 1.25 bits per heavy atom. The lowest BCUT2D eigenvalue weighted by Gasteiger charge is -2.20. The lowest BCUT2D eigenvalue weighted by Crippen LogP contribution is -2.22. The first-order chi connectivity index (χ1) is 13.3. The number of hydrogen-bond donors (Lipinski definition) is 0. The van der Waals surface area contributed by atoms with Crippen LogP contribution in [0.25, 0.3) is 11.0 Å². The third-order valence-corrected chi connectivity index (χ3v) is 7.29. The lowest BCUT2D eigenvalue weighted by atomic mass is 9.90. The summed E-state index contributed by atoms with van der Waals surface area (Å²) in [4.78, 5) is 16.9. The number of nitrogens with zero attached hydrogens (tertiary/aromatic N) is 3. The largest absolute Gasteiger partial charge is 0.465 e. The number of rotatable bonds is 7. The van der Waals surface area contributed by atoms with Crippen LogP contribution in [0, 0.1) is 5.92 Å². The molecule has 1 fully saturated rings. The Kier molecular flexibility index (Phi) is 6.40. The molecule has 0 N–H and O–H groups in total. The minimum absolute atomic E-state index is 0.200. The lowest BCUT2D eigenvalue weighted by molar-refractivity contribution is -0.145. The molecule has 2 aromatic rings. The van der Waals surface area contributed by atoms with Gasteiger partial charge in [-0.25, -0.2) is 17.7 Å². The predicted molar refractivity (Wildman–Crippen MR) is 107 cm³/mol. The maximum atomic E-state index is 12.3. The number of esters is 1. The van der Waals surface area contributed by atoms with Crippen molar-refractivity contribution in [2.75, 3.05) is 20.7 Å². The fourth-order valence-electron chi connectivity index (χ4n) is 3.68. The second kappa shape index (κ2) is 8.61. The first-order valence-electron chi connectivity index (χ1n) is 9.82. The van der Waals surface area contributed by atoms with E-state index in [0.29, 0.717) is 24.5 Å². The van der Waals surface area contributed by atoms with Crippen LogP contribution in [0.15, 0.2) is 23.1 Å². The fraction of sp³-hybridized carbons (Fsp3) is 0.600. The molecule has 8 heteroatoms. The van der Waals surface area contributed by atoms with Crippen molar-refractivity contribution in [2.24, 2.45) is 13.0 Å². The van der Waals surface area contributed by atoms with Crippen molar-refractivity contribution >= 4 is 27.0 Å². The summed E-state index contributed by atoms with van der Waals surface area (Å²) in [5.41, 5.74) is 1.44. The highest BCUT2D eigenvalue weighted by atomic mass is 32.2. The second-order valence-electron chi connectivity index (χ2n) is 7.71. The Bertz CT molecular complexity index is 944. The summed E-state index contributed by atoms with van der Waals surface area (Å²) in [6.07, 6.45) is 6.78. The van der Waals surface area contributed by atoms with Gasteiger partial charge in [0, 0.05) is 27.6 Å². The monoisotopic (exact) mass is 407 g/mol. The van der Waals surface area contributed by atoms with Crippen molar-refractivity contribution < 1.29 is 17.9 Å². The number of aromatic nitrogens is 2. The molecule has 7 nitrogen and oxygen atoms in total. The molecule has 0 amide bonds. The van der Waals surface area contributed by atoms with E-state index in [2.05, 4.69) is 4.98 Å². The number of carbonyl (C=O) groups is 1. The molecule has 0 unspecified atom stereocenters. The number of benzene rings is 1. The molecule has 0 atom stereocenters. The number of imidazole rings is 1. The van der Waals surface area contributed by atoms with Crippen LogP contribution in [-0.2, 0) is 33.0 Å². The first kappa shape index (κ1) is 20.8. The van der Waals surface area contributed by atoms with E-state index >= 15 is 0 Å². The summed E-state index contributed by atoms with van der Waals surface area (Å²) in [5.74, 6) is 1.04. The van der Waals surface area contributed by atoms with E-state index < -0.39 is 10.0 Å². The summed E-state index contributed by atoms with van der Waals surface area (Å²) in [6.45, 7) is 0.521. The molecular weight excluding hydrogens is 378 g/mol. The van der Waals surface area contributed by atoms with E-state index in [4.69, 9.17) is 4.74 Å². The van der Waals surface area contributed by atoms with Crippen molar-refractivity contribution in [1.29, 1.82) is 0 Å². The number of fused-ring (bicyclic) bond motifs is 1. The molecule has 1 heterocycles. The molecule has 1 aliphatic carbocycles. The van der Waals surface area contributed by atoms with Crippen molar-refractivity contribution in [3.63, 3.8) is 0 Å². The van der Waals surface area contributed by atoms with Crippen molar-refractivity contribution in [2.45, 2.75) is 49.8 Å². The van der Waals surface area contributed by atoms with Gasteiger partial charge in [-0.15, -0.1) is 0 Å². The van der Waals surface area contributed by atoms with E-state index in [0.717, 1.165) is 24.2 Å². The van der Waals surface area contributed by atoms with E-state index in [9.17, 15) is 13.2 Å². The molecule has 1 aromatic carbocycles. The maximum absolute atomic E-state index is 12.3. The molecule has 1 aromatic heterocycles. The van der Waals surface area contributed by atoms with Gasteiger partial charge in [0.05, 0.1) is 29.0 Å². The average Bonchev–Trinajstić information content (AvgIpc) is 3.00. The highest BCUT2D eigenvalue weighted by Crippen LogP contribution is 2.24. The van der Waals surface area contributed by atoms with Gasteiger partial charge in [0.25, 0.3) is 0 Å². The third-order valence-electron chi connectivity index (χ3n) is 5.48. The minimum Gasteiger partial charge on any atom is -0.465 e. The van der Waals surface area contributed by atoms with Crippen molar-refractivity contribution in [1.82, 2.24) is 13.9 Å². The molecular formula is C20H29N3O4S. The molecule has 0 spiro atoms. The van der Waals surface area contributed by atoms with Crippen LogP contribution in [0.1, 0.15) is 44.3 Å². The quantitative estimate of drug-likeness (QED) is 0.659. The van der Waals surface area contributed by atoms with Crippen LogP contribution in [0.3, 0.4) is 0 Å². The van der Waals surface area contributed by atoms with Crippen LogP contribution >= 0.6 is 0 Å². The standard InChI is InChI=1S/C20H29N3O4S/c1-22(2)28(25,26)16-9-10-18-17(13-16)21-19(23(18)3)11-12-20(24)27-14-15-7-5-4-6-8-15/h9-10,13,15H,4-8,11-12,14H2,1-3H3. The number of sulfonamides is 1. The predicted octanol–water partition coefficient (Wildman–Crippen LogP) is 2.88. The highest BCUT2D eigenvalue weighted by molar-refractivity contribution is 7.89. The molecule has 0 radical (unpaired) electrons. The molecule has 28 heavy (non-hydrogen) atoms. The normalized spacial score (nSPS) is 16.0. The molecule has 0 aliphatic heterocycles. The summed E-state index contributed by atoms with van der Waals surface area (Å²) in [6, 6.07) is 4.92. The van der Waals surface area contributed by atoms with Gasteiger partial charge in [-0.3, -0.25) is 4.79 Å². The highest BCUT2D eigenvalue weighted by Gasteiger charge is 2.20. The average molecular weight is 408 g/mol. The van der Waals surface area contributed by atoms with Crippen LogP contribution in [-0.4, -0.2) is 48.9 Å².